The lowest BCUT2D eigenvalue weighted by Crippen LogP contribution is -2.60. The van der Waals surface area contributed by atoms with E-state index in [-0.39, 0.29) is 32.6 Å². The van der Waals surface area contributed by atoms with E-state index in [1.807, 2.05) is 0 Å². The van der Waals surface area contributed by atoms with Crippen LogP contribution in [0, 0.1) is 0 Å². The van der Waals surface area contributed by atoms with Crippen LogP contribution >= 0.6 is 24.0 Å². The summed E-state index contributed by atoms with van der Waals surface area (Å²) < 4.78 is 21.9. The molecule has 8 N–H and O–H groups in total. The van der Waals surface area contributed by atoms with E-state index in [0.717, 1.165) is 16.7 Å². The Morgan fingerprint density at radius 2 is 1.77 bits per heavy atom. The minimum absolute atomic E-state index is 0. The molecule has 0 aromatic heterocycles. The van der Waals surface area contributed by atoms with Crippen molar-refractivity contribution in [1.29, 1.82) is 0 Å². The zero-order valence-corrected chi connectivity index (χ0v) is 20.3. The Morgan fingerprint density at radius 1 is 1.17 bits per heavy atom. The number of benzene rings is 1. The van der Waals surface area contributed by atoms with Gasteiger partial charge in [-0.05, 0) is 23.8 Å². The smallest absolute Gasteiger partial charge is 0.323 e. The highest BCUT2D eigenvalue weighted by Crippen LogP contribution is 2.42. The molecule has 2 aliphatic rings. The van der Waals surface area contributed by atoms with Gasteiger partial charge >= 0.3 is 5.97 Å². The number of carboxylic acid groups (broad SMARTS) is 1. The van der Waals surface area contributed by atoms with Crippen molar-refractivity contribution >= 4 is 46.3 Å². The maximum absolute atomic E-state index is 12.5. The summed E-state index contributed by atoms with van der Waals surface area (Å²) in [6.07, 6.45) is -6.01. The normalized spacial score (nSPS) is 27.5. The van der Waals surface area contributed by atoms with Gasteiger partial charge < -0.3 is 50.6 Å². The summed E-state index contributed by atoms with van der Waals surface area (Å²) in [6.45, 7) is -1.18. The first-order valence-corrected chi connectivity index (χ1v) is 11.0. The van der Waals surface area contributed by atoms with E-state index in [2.05, 4.69) is 0 Å². The molecule has 15 heteroatoms. The number of carbonyl (C=O) groups is 2. The summed E-state index contributed by atoms with van der Waals surface area (Å²) in [5.74, 6) is -1.54. The summed E-state index contributed by atoms with van der Waals surface area (Å²) in [6, 6.07) is 2.98. The van der Waals surface area contributed by atoms with Gasteiger partial charge in [-0.1, -0.05) is 24.0 Å². The number of thiocarbonyl (C=S) groups is 1. The third kappa shape index (κ3) is 6.02. The monoisotopic (exact) mass is 534 g/mol. The summed E-state index contributed by atoms with van der Waals surface area (Å²) in [4.78, 5) is 24.7. The predicted octanol–water partition coefficient (Wildman–Crippen LogP) is -0.670. The number of methoxy groups -OCH3 is 2. The van der Waals surface area contributed by atoms with Crippen LogP contribution in [0.5, 0.6) is 17.2 Å². The molecule has 0 bridgehead atoms. The minimum Gasteiger partial charge on any atom is -0.493 e. The highest BCUT2D eigenvalue weighted by molar-refractivity contribution is 8.26. The molecule has 0 radical (unpaired) electrons. The molecule has 35 heavy (non-hydrogen) atoms. The molecule has 1 aromatic rings. The Hall–Kier alpha value is -2.50. The summed E-state index contributed by atoms with van der Waals surface area (Å²) >= 11 is 6.03. The second kappa shape index (κ2) is 12.0. The third-order valence-electron chi connectivity index (χ3n) is 5.03. The van der Waals surface area contributed by atoms with Gasteiger partial charge in [-0.2, -0.15) is 0 Å². The van der Waals surface area contributed by atoms with Gasteiger partial charge in [0, 0.05) is 0 Å². The lowest BCUT2D eigenvalue weighted by atomic mass is 9.99. The highest BCUT2D eigenvalue weighted by Gasteiger charge is 2.45. The topological polar surface area (TPSA) is 210 Å². The second-order valence-electron chi connectivity index (χ2n) is 7.23. The largest absolute Gasteiger partial charge is 0.493 e. The number of rotatable bonds is 8. The van der Waals surface area contributed by atoms with Crippen molar-refractivity contribution in [3.63, 3.8) is 0 Å². The van der Waals surface area contributed by atoms with E-state index < -0.39 is 55.7 Å². The van der Waals surface area contributed by atoms with E-state index in [9.17, 15) is 30.0 Å². The van der Waals surface area contributed by atoms with Crippen LogP contribution < -0.4 is 20.4 Å². The van der Waals surface area contributed by atoms with Crippen LogP contribution in [0.4, 0.5) is 0 Å². The lowest BCUT2D eigenvalue weighted by molar-refractivity contribution is -0.277. The quantitative estimate of drug-likeness (QED) is 0.180. The summed E-state index contributed by atoms with van der Waals surface area (Å²) in [5, 5.41) is 48.5. The summed E-state index contributed by atoms with van der Waals surface area (Å²) in [5.41, 5.74) is 0.436. The highest BCUT2D eigenvalue weighted by atomic mass is 32.2. The average Bonchev–Trinajstić information content (AvgIpc) is 3.06. The Bertz CT molecular complexity index is 978. The van der Waals surface area contributed by atoms with Gasteiger partial charge in [0.1, 0.15) is 35.3 Å². The van der Waals surface area contributed by atoms with Crippen LogP contribution in [-0.2, 0) is 14.3 Å². The Kier molecular flexibility index (Phi) is 9.82. The van der Waals surface area contributed by atoms with Crippen molar-refractivity contribution in [2.75, 3.05) is 27.4 Å². The zero-order valence-electron chi connectivity index (χ0n) is 18.7. The van der Waals surface area contributed by atoms with Gasteiger partial charge in [0.15, 0.2) is 11.5 Å². The molecule has 2 heterocycles. The van der Waals surface area contributed by atoms with Crippen molar-refractivity contribution in [3.05, 3.63) is 22.6 Å². The fourth-order valence-electron chi connectivity index (χ4n) is 3.30. The van der Waals surface area contributed by atoms with Gasteiger partial charge in [-0.15, -0.1) is 0 Å². The summed E-state index contributed by atoms with van der Waals surface area (Å²) in [7, 11) is 2.68. The molecule has 1 amide bonds. The molecular formula is C20H26N2O11S2. The number of ether oxygens (including phenoxy) is 4. The van der Waals surface area contributed by atoms with Crippen LogP contribution in [0.25, 0.3) is 6.08 Å². The molecule has 0 saturated carbocycles. The van der Waals surface area contributed by atoms with Crippen molar-refractivity contribution in [1.82, 2.24) is 11.1 Å². The first-order valence-electron chi connectivity index (χ1n) is 9.81. The number of thioether (sulfide) groups is 1. The Labute approximate surface area is 209 Å². The Balaban J connectivity index is 0.00000432. The van der Waals surface area contributed by atoms with Crippen molar-refractivity contribution in [2.45, 2.75) is 30.7 Å². The molecule has 2 saturated heterocycles. The van der Waals surface area contributed by atoms with Gasteiger partial charge in [0.05, 0.1) is 25.7 Å². The van der Waals surface area contributed by atoms with E-state index in [1.54, 1.807) is 0 Å². The minimum atomic E-state index is -1.65. The number of aliphatic hydroxyl groups is 4. The molecular weight excluding hydrogens is 508 g/mol. The number of hydrogen-bond acceptors (Lipinski definition) is 13. The number of carbonyl (C=O) groups excluding carboxylic acids is 1. The van der Waals surface area contributed by atoms with Crippen LogP contribution in [0.1, 0.15) is 5.56 Å². The number of nitrogens with zero attached hydrogens (tertiary/aromatic N) is 1. The van der Waals surface area contributed by atoms with E-state index in [1.165, 1.54) is 32.4 Å². The molecule has 3 rings (SSSR count). The zero-order chi connectivity index (χ0) is 25.2. The SMILES string of the molecule is COc1cc(C=C2SC(=S)N(CC(=O)O)C2=O)cc(OC)c1O[C@@H]1O[C@H](CO)[C@H](O)[C@H](O)[C@H]1O.N. The maximum atomic E-state index is 12.5. The van der Waals surface area contributed by atoms with Crippen molar-refractivity contribution < 1.29 is 54.1 Å². The molecule has 2 aliphatic heterocycles. The number of amides is 1. The molecule has 13 nitrogen and oxygen atoms in total. The number of hydrogen-bond donors (Lipinski definition) is 6. The van der Waals surface area contributed by atoms with Crippen LogP contribution in [0.15, 0.2) is 17.0 Å². The van der Waals surface area contributed by atoms with Crippen LogP contribution in [0.2, 0.25) is 0 Å². The fourth-order valence-corrected chi connectivity index (χ4v) is 4.56. The number of carboxylic acids is 1. The van der Waals surface area contributed by atoms with Crippen molar-refractivity contribution in [3.8, 4) is 17.2 Å². The van der Waals surface area contributed by atoms with Gasteiger partial charge in [-0.25, -0.2) is 0 Å². The van der Waals surface area contributed by atoms with Crippen LogP contribution in [0.3, 0.4) is 0 Å². The molecule has 2 fully saturated rings. The van der Waals surface area contributed by atoms with Gasteiger partial charge in [-0.3, -0.25) is 14.5 Å². The predicted molar refractivity (Wildman–Crippen MR) is 126 cm³/mol. The third-order valence-corrected chi connectivity index (χ3v) is 6.41. The van der Waals surface area contributed by atoms with E-state index >= 15 is 0 Å². The van der Waals surface area contributed by atoms with Gasteiger partial charge in [0.2, 0.25) is 12.0 Å². The average molecular weight is 535 g/mol. The molecule has 5 atom stereocenters. The standard InChI is InChI=1S/C20H23NO11S2.H3N/c1-29-9-3-8(5-12-18(28)21(6-13(23)24)20(33)34-12)4-10(30-2)17(9)32-19-16(27)15(26)14(25)11(7-22)31-19;/h3-5,11,14-16,19,22,25-27H,6-7H2,1-2H3,(H,23,24);1H3/t11-,14+,15+,16-,19+;/m1./s1. The molecule has 0 unspecified atom stereocenters. The fraction of sp³-hybridized carbons (Fsp3) is 0.450. The molecule has 1 aromatic carbocycles. The van der Waals surface area contributed by atoms with Crippen molar-refractivity contribution in [2.24, 2.45) is 0 Å². The first kappa shape index (κ1) is 28.7. The van der Waals surface area contributed by atoms with Crippen LogP contribution in [-0.4, -0.2) is 105 Å². The molecule has 0 spiro atoms. The van der Waals surface area contributed by atoms with E-state index in [4.69, 9.17) is 36.3 Å². The Morgan fingerprint density at radius 3 is 2.29 bits per heavy atom. The number of aliphatic hydroxyl groups excluding tert-OH is 4. The van der Waals surface area contributed by atoms with E-state index in [0.29, 0.717) is 5.56 Å². The molecule has 194 valence electrons. The first-order chi connectivity index (χ1) is 16.1. The maximum Gasteiger partial charge on any atom is 0.323 e. The number of aliphatic carboxylic acids is 1. The molecule has 0 aliphatic carbocycles. The van der Waals surface area contributed by atoms with Gasteiger partial charge in [0.25, 0.3) is 5.91 Å². The second-order valence-corrected chi connectivity index (χ2v) is 8.91. The lowest BCUT2D eigenvalue weighted by Gasteiger charge is -2.39.